The zero-order chi connectivity index (χ0) is 12.5. The standard InChI is InChI=1S/C13H11ClN2O2/c14-12-6-5-10(18-12)13(16-15)11-7-8-3-1-2-4-9(8)17-11/h1-7,13,16H,15H2. The summed E-state index contributed by atoms with van der Waals surface area (Å²) in [6.45, 7) is 0. The van der Waals surface area contributed by atoms with Crippen LogP contribution < -0.4 is 11.3 Å². The van der Waals surface area contributed by atoms with Crippen LogP contribution in [0.15, 0.2) is 51.3 Å². The Hall–Kier alpha value is -1.75. The number of para-hydroxylation sites is 1. The Bertz CT molecular complexity index is 641. The van der Waals surface area contributed by atoms with Gasteiger partial charge in [-0.15, -0.1) is 0 Å². The van der Waals surface area contributed by atoms with Gasteiger partial charge in [0.25, 0.3) is 0 Å². The molecule has 3 N–H and O–H groups in total. The van der Waals surface area contributed by atoms with Crippen molar-refractivity contribution >= 4 is 22.6 Å². The second kappa shape index (κ2) is 4.49. The van der Waals surface area contributed by atoms with Crippen LogP contribution in [0, 0.1) is 0 Å². The lowest BCUT2D eigenvalue weighted by Gasteiger charge is -2.09. The molecule has 0 saturated carbocycles. The van der Waals surface area contributed by atoms with Crippen LogP contribution in [0.25, 0.3) is 11.0 Å². The van der Waals surface area contributed by atoms with E-state index in [0.29, 0.717) is 16.7 Å². The van der Waals surface area contributed by atoms with Crippen molar-refractivity contribution in [3.63, 3.8) is 0 Å². The summed E-state index contributed by atoms with van der Waals surface area (Å²) >= 11 is 5.76. The summed E-state index contributed by atoms with van der Waals surface area (Å²) in [4.78, 5) is 0. The zero-order valence-electron chi connectivity index (χ0n) is 9.39. The monoisotopic (exact) mass is 262 g/mol. The van der Waals surface area contributed by atoms with Gasteiger partial charge >= 0.3 is 0 Å². The van der Waals surface area contributed by atoms with Gasteiger partial charge in [0.05, 0.1) is 0 Å². The fourth-order valence-electron chi connectivity index (χ4n) is 1.93. The molecule has 18 heavy (non-hydrogen) atoms. The number of fused-ring (bicyclic) bond motifs is 1. The highest BCUT2D eigenvalue weighted by atomic mass is 35.5. The van der Waals surface area contributed by atoms with E-state index in [1.807, 2.05) is 30.3 Å². The molecule has 0 bridgehead atoms. The summed E-state index contributed by atoms with van der Waals surface area (Å²) < 4.78 is 11.1. The van der Waals surface area contributed by atoms with Gasteiger partial charge in [0.1, 0.15) is 23.1 Å². The van der Waals surface area contributed by atoms with E-state index in [-0.39, 0.29) is 6.04 Å². The number of nitrogens with two attached hydrogens (primary N) is 1. The lowest BCUT2D eigenvalue weighted by molar-refractivity contribution is 0.404. The first-order valence-corrected chi connectivity index (χ1v) is 5.85. The molecule has 4 nitrogen and oxygen atoms in total. The predicted octanol–water partition coefficient (Wildman–Crippen LogP) is 3.23. The van der Waals surface area contributed by atoms with Crippen molar-refractivity contribution in [3.8, 4) is 0 Å². The Balaban J connectivity index is 2.05. The molecule has 1 aromatic carbocycles. The molecule has 0 saturated heterocycles. The van der Waals surface area contributed by atoms with Crippen LogP contribution in [0.4, 0.5) is 0 Å². The molecule has 0 aliphatic rings. The maximum Gasteiger partial charge on any atom is 0.193 e. The van der Waals surface area contributed by atoms with Crippen molar-refractivity contribution in [3.05, 3.63) is 59.2 Å². The number of nitrogens with one attached hydrogen (secondary N) is 1. The van der Waals surface area contributed by atoms with Crippen LogP contribution in [-0.4, -0.2) is 0 Å². The van der Waals surface area contributed by atoms with Gasteiger partial charge in [-0.2, -0.15) is 0 Å². The van der Waals surface area contributed by atoms with E-state index in [1.54, 1.807) is 12.1 Å². The minimum absolute atomic E-state index is 0.321. The maximum absolute atomic E-state index is 5.76. The largest absolute Gasteiger partial charge is 0.459 e. The highest BCUT2D eigenvalue weighted by Gasteiger charge is 2.20. The minimum Gasteiger partial charge on any atom is -0.459 e. The molecule has 5 heteroatoms. The van der Waals surface area contributed by atoms with Gasteiger partial charge in [-0.25, -0.2) is 5.43 Å². The van der Waals surface area contributed by atoms with Crippen LogP contribution in [0.2, 0.25) is 5.22 Å². The van der Waals surface area contributed by atoms with Crippen molar-refractivity contribution in [1.29, 1.82) is 0 Å². The van der Waals surface area contributed by atoms with E-state index in [1.165, 1.54) is 0 Å². The maximum atomic E-state index is 5.76. The summed E-state index contributed by atoms with van der Waals surface area (Å²) in [5, 5.41) is 1.34. The Morgan fingerprint density at radius 1 is 1.06 bits per heavy atom. The molecule has 0 spiro atoms. The molecule has 2 heterocycles. The minimum atomic E-state index is -0.357. The molecule has 1 atom stereocenters. The van der Waals surface area contributed by atoms with Gasteiger partial charge in [-0.3, -0.25) is 5.84 Å². The molecule has 0 fully saturated rings. The van der Waals surface area contributed by atoms with Crippen molar-refractivity contribution in [2.45, 2.75) is 6.04 Å². The van der Waals surface area contributed by atoms with Crippen LogP contribution in [0.3, 0.4) is 0 Å². The van der Waals surface area contributed by atoms with Crippen molar-refractivity contribution in [2.24, 2.45) is 5.84 Å². The summed E-state index contributed by atoms with van der Waals surface area (Å²) in [7, 11) is 0. The van der Waals surface area contributed by atoms with E-state index in [0.717, 1.165) is 11.0 Å². The Kier molecular flexibility index (Phi) is 2.83. The third kappa shape index (κ3) is 1.90. The molecule has 2 aromatic heterocycles. The summed E-state index contributed by atoms with van der Waals surface area (Å²) in [6, 6.07) is 12.8. The molecule has 1 unspecified atom stereocenters. The van der Waals surface area contributed by atoms with Gasteiger partial charge in [0.15, 0.2) is 5.22 Å². The van der Waals surface area contributed by atoms with Gasteiger partial charge in [0.2, 0.25) is 0 Å². The third-order valence-corrected chi connectivity index (χ3v) is 2.98. The van der Waals surface area contributed by atoms with E-state index in [9.17, 15) is 0 Å². The number of hydrazine groups is 1. The molecule has 0 amide bonds. The van der Waals surface area contributed by atoms with Crippen LogP contribution in [0.5, 0.6) is 0 Å². The molecule has 0 radical (unpaired) electrons. The first-order valence-electron chi connectivity index (χ1n) is 5.48. The van der Waals surface area contributed by atoms with Crippen LogP contribution >= 0.6 is 11.6 Å². The number of benzene rings is 1. The van der Waals surface area contributed by atoms with Crippen LogP contribution in [-0.2, 0) is 0 Å². The van der Waals surface area contributed by atoms with Gasteiger partial charge in [0, 0.05) is 5.39 Å². The Morgan fingerprint density at radius 2 is 1.89 bits per heavy atom. The first-order chi connectivity index (χ1) is 8.78. The van der Waals surface area contributed by atoms with Crippen molar-refractivity contribution in [2.75, 3.05) is 0 Å². The second-order valence-corrected chi connectivity index (χ2v) is 4.30. The summed E-state index contributed by atoms with van der Waals surface area (Å²) in [5.74, 6) is 6.85. The molecule has 3 aromatic rings. The lowest BCUT2D eigenvalue weighted by atomic mass is 10.1. The van der Waals surface area contributed by atoms with Crippen molar-refractivity contribution in [1.82, 2.24) is 5.43 Å². The van der Waals surface area contributed by atoms with Gasteiger partial charge in [-0.05, 0) is 35.9 Å². The number of hydrogen-bond acceptors (Lipinski definition) is 4. The smallest absolute Gasteiger partial charge is 0.193 e. The summed E-state index contributed by atoms with van der Waals surface area (Å²) in [6.07, 6.45) is 0. The summed E-state index contributed by atoms with van der Waals surface area (Å²) in [5.41, 5.74) is 3.47. The van der Waals surface area contributed by atoms with Gasteiger partial charge < -0.3 is 8.83 Å². The normalized spacial score (nSPS) is 13.0. The lowest BCUT2D eigenvalue weighted by Crippen LogP contribution is -2.28. The van der Waals surface area contributed by atoms with E-state index >= 15 is 0 Å². The SMILES string of the molecule is NNC(c1ccc(Cl)o1)c1cc2ccccc2o1. The molecule has 0 aliphatic carbocycles. The zero-order valence-corrected chi connectivity index (χ0v) is 10.1. The van der Waals surface area contributed by atoms with Gasteiger partial charge in [-0.1, -0.05) is 18.2 Å². The first kappa shape index (κ1) is 11.3. The average molecular weight is 263 g/mol. The van der Waals surface area contributed by atoms with Crippen LogP contribution in [0.1, 0.15) is 17.6 Å². The number of hydrogen-bond donors (Lipinski definition) is 2. The molecule has 3 rings (SSSR count). The highest BCUT2D eigenvalue weighted by molar-refractivity contribution is 6.28. The molecule has 92 valence electrons. The second-order valence-electron chi connectivity index (χ2n) is 3.93. The molecule has 0 aliphatic heterocycles. The number of rotatable bonds is 3. The Labute approximate surface area is 108 Å². The molecular formula is C13H11ClN2O2. The number of furan rings is 2. The fraction of sp³-hybridized carbons (Fsp3) is 0.0769. The Morgan fingerprint density at radius 3 is 2.56 bits per heavy atom. The highest BCUT2D eigenvalue weighted by Crippen LogP contribution is 2.29. The quantitative estimate of drug-likeness (QED) is 0.562. The van der Waals surface area contributed by atoms with E-state index in [2.05, 4.69) is 5.43 Å². The average Bonchev–Trinajstić information content (AvgIpc) is 2.96. The molecular weight excluding hydrogens is 252 g/mol. The van der Waals surface area contributed by atoms with E-state index in [4.69, 9.17) is 26.3 Å². The topological polar surface area (TPSA) is 64.3 Å². The van der Waals surface area contributed by atoms with Crippen molar-refractivity contribution < 1.29 is 8.83 Å². The predicted molar refractivity (Wildman–Crippen MR) is 69.1 cm³/mol. The third-order valence-electron chi connectivity index (χ3n) is 2.77. The fourth-order valence-corrected chi connectivity index (χ4v) is 2.08. The number of halogens is 1. The van der Waals surface area contributed by atoms with E-state index < -0.39 is 0 Å².